The summed E-state index contributed by atoms with van der Waals surface area (Å²) in [6.07, 6.45) is 5.47. The van der Waals surface area contributed by atoms with Crippen LogP contribution in [0.1, 0.15) is 33.1 Å². The number of rotatable bonds is 1. The van der Waals surface area contributed by atoms with Crippen LogP contribution in [0.3, 0.4) is 0 Å². The van der Waals surface area contributed by atoms with E-state index in [0.29, 0.717) is 17.6 Å². The molecule has 0 aliphatic heterocycles. The Bertz CT molecular complexity index is 252. The predicted molar refractivity (Wildman–Crippen MR) is 53.3 cm³/mol. The van der Waals surface area contributed by atoms with Crippen molar-refractivity contribution in [3.8, 4) is 0 Å². The van der Waals surface area contributed by atoms with E-state index in [2.05, 4.69) is 20.4 Å². The molecule has 2 saturated carbocycles. The summed E-state index contributed by atoms with van der Waals surface area (Å²) in [4.78, 5) is 12.0. The van der Waals surface area contributed by atoms with Gasteiger partial charge in [0.2, 0.25) is 0 Å². The van der Waals surface area contributed by atoms with Crippen molar-refractivity contribution in [2.24, 2.45) is 23.2 Å². The molecule has 1 nitrogen and oxygen atoms in total. The minimum Gasteiger partial charge on any atom is -0.299 e. The fourth-order valence-corrected chi connectivity index (χ4v) is 3.44. The van der Waals surface area contributed by atoms with Crippen LogP contribution in [0.25, 0.3) is 0 Å². The molecule has 0 amide bonds. The molecule has 1 unspecified atom stereocenters. The quantitative estimate of drug-likeness (QED) is 0.564. The number of carbonyl (C=O) groups excluding carboxylic acids is 1. The van der Waals surface area contributed by atoms with E-state index in [9.17, 15) is 4.79 Å². The van der Waals surface area contributed by atoms with Gasteiger partial charge in [-0.15, -0.1) is 6.58 Å². The maximum Gasteiger partial charge on any atom is 0.143 e. The van der Waals surface area contributed by atoms with Crippen molar-refractivity contribution in [3.05, 3.63) is 12.7 Å². The summed E-state index contributed by atoms with van der Waals surface area (Å²) in [5.74, 6) is 1.56. The summed E-state index contributed by atoms with van der Waals surface area (Å²) in [7, 11) is 0. The van der Waals surface area contributed by atoms with Crippen molar-refractivity contribution in [2.75, 3.05) is 0 Å². The number of hydrogen-bond donors (Lipinski definition) is 0. The zero-order valence-corrected chi connectivity index (χ0v) is 8.55. The monoisotopic (exact) mass is 178 g/mol. The number of allylic oxidation sites excluding steroid dienone is 1. The van der Waals surface area contributed by atoms with Crippen molar-refractivity contribution >= 4 is 5.78 Å². The Morgan fingerprint density at radius 2 is 2.15 bits per heavy atom. The van der Waals surface area contributed by atoms with Gasteiger partial charge in [0.25, 0.3) is 0 Å². The van der Waals surface area contributed by atoms with Gasteiger partial charge in [0.1, 0.15) is 5.78 Å². The summed E-state index contributed by atoms with van der Waals surface area (Å²) in [5, 5.41) is 0. The minimum atomic E-state index is 0.114. The molecule has 0 radical (unpaired) electrons. The minimum absolute atomic E-state index is 0.114. The van der Waals surface area contributed by atoms with Crippen LogP contribution in [-0.4, -0.2) is 5.78 Å². The molecule has 0 aromatic carbocycles. The third-order valence-corrected chi connectivity index (χ3v) is 4.18. The lowest BCUT2D eigenvalue weighted by Gasteiger charge is -2.29. The summed E-state index contributed by atoms with van der Waals surface area (Å²) in [6.45, 7) is 8.25. The number of ketones is 1. The molecule has 0 saturated heterocycles. The topological polar surface area (TPSA) is 17.1 Å². The molecule has 3 atom stereocenters. The molecule has 13 heavy (non-hydrogen) atoms. The second-order valence-corrected chi connectivity index (χ2v) is 5.08. The Morgan fingerprint density at radius 1 is 1.46 bits per heavy atom. The van der Waals surface area contributed by atoms with Crippen molar-refractivity contribution in [1.29, 1.82) is 0 Å². The lowest BCUT2D eigenvalue weighted by atomic mass is 9.74. The van der Waals surface area contributed by atoms with E-state index in [1.54, 1.807) is 0 Å². The summed E-state index contributed by atoms with van der Waals surface area (Å²) >= 11 is 0. The molecule has 0 aromatic rings. The van der Waals surface area contributed by atoms with E-state index in [-0.39, 0.29) is 11.3 Å². The Labute approximate surface area is 80.2 Å². The third kappa shape index (κ3) is 1.02. The van der Waals surface area contributed by atoms with Gasteiger partial charge in [0, 0.05) is 11.8 Å². The average Bonchev–Trinajstić information content (AvgIpc) is 2.57. The van der Waals surface area contributed by atoms with Crippen LogP contribution in [0.15, 0.2) is 12.7 Å². The maximum atomic E-state index is 12.0. The molecule has 0 bridgehead atoms. The van der Waals surface area contributed by atoms with E-state index in [1.165, 1.54) is 12.8 Å². The van der Waals surface area contributed by atoms with Gasteiger partial charge >= 0.3 is 0 Å². The fourth-order valence-electron chi connectivity index (χ4n) is 3.44. The van der Waals surface area contributed by atoms with E-state index in [0.717, 1.165) is 6.42 Å². The molecule has 2 fully saturated rings. The SMILES string of the molecule is C=CC1C(=O)[C@H]2CCC[C@H]2C1(C)C. The first-order chi connectivity index (χ1) is 6.09. The molecule has 1 heteroatoms. The summed E-state index contributed by atoms with van der Waals surface area (Å²) in [5.41, 5.74) is 0.167. The molecular formula is C12H18O. The first-order valence-corrected chi connectivity index (χ1v) is 5.25. The second kappa shape index (κ2) is 2.70. The third-order valence-electron chi connectivity index (χ3n) is 4.18. The van der Waals surface area contributed by atoms with Gasteiger partial charge in [0.05, 0.1) is 0 Å². The number of hydrogen-bond acceptors (Lipinski definition) is 1. The highest BCUT2D eigenvalue weighted by Crippen LogP contribution is 2.55. The molecular weight excluding hydrogens is 160 g/mol. The Hall–Kier alpha value is -0.590. The zero-order chi connectivity index (χ0) is 9.64. The normalized spacial score (nSPS) is 42.0. The number of fused-ring (bicyclic) bond motifs is 1. The first-order valence-electron chi connectivity index (χ1n) is 5.25. The summed E-state index contributed by atoms with van der Waals surface area (Å²) in [6, 6.07) is 0. The molecule has 0 spiro atoms. The van der Waals surface area contributed by atoms with E-state index >= 15 is 0 Å². The standard InChI is InChI=1S/C12H18O/c1-4-9-11(13)8-6-5-7-10(8)12(9,2)3/h4,8-10H,1,5-7H2,2-3H3/t8-,9?,10+/m0/s1. The van der Waals surface area contributed by atoms with Crippen molar-refractivity contribution in [3.63, 3.8) is 0 Å². The van der Waals surface area contributed by atoms with Gasteiger partial charge in [-0.05, 0) is 24.2 Å². The van der Waals surface area contributed by atoms with Gasteiger partial charge in [-0.2, -0.15) is 0 Å². The predicted octanol–water partition coefficient (Wildman–Crippen LogP) is 2.81. The molecule has 2 aliphatic carbocycles. The van der Waals surface area contributed by atoms with Crippen LogP contribution < -0.4 is 0 Å². The Balaban J connectivity index is 2.36. The van der Waals surface area contributed by atoms with Crippen LogP contribution >= 0.6 is 0 Å². The Morgan fingerprint density at radius 3 is 2.69 bits per heavy atom. The molecule has 0 N–H and O–H groups in total. The van der Waals surface area contributed by atoms with Crippen LogP contribution in [-0.2, 0) is 4.79 Å². The van der Waals surface area contributed by atoms with Gasteiger partial charge in [-0.3, -0.25) is 4.79 Å². The van der Waals surface area contributed by atoms with Crippen LogP contribution in [0.4, 0.5) is 0 Å². The van der Waals surface area contributed by atoms with E-state index in [1.807, 2.05) is 6.08 Å². The van der Waals surface area contributed by atoms with Crippen LogP contribution in [0.5, 0.6) is 0 Å². The number of carbonyl (C=O) groups is 1. The summed E-state index contributed by atoms with van der Waals surface area (Å²) < 4.78 is 0. The Kier molecular flexibility index (Phi) is 1.86. The molecule has 72 valence electrons. The van der Waals surface area contributed by atoms with E-state index < -0.39 is 0 Å². The van der Waals surface area contributed by atoms with Gasteiger partial charge in [0.15, 0.2) is 0 Å². The van der Waals surface area contributed by atoms with E-state index in [4.69, 9.17) is 0 Å². The van der Waals surface area contributed by atoms with Gasteiger partial charge in [-0.25, -0.2) is 0 Å². The first kappa shape index (κ1) is 8.98. The fraction of sp³-hybridized carbons (Fsp3) is 0.750. The number of Topliss-reactive ketones (excluding diaryl/α,β-unsaturated/α-hetero) is 1. The molecule has 2 rings (SSSR count). The zero-order valence-electron chi connectivity index (χ0n) is 8.55. The maximum absolute atomic E-state index is 12.0. The highest BCUT2D eigenvalue weighted by atomic mass is 16.1. The van der Waals surface area contributed by atoms with Crippen molar-refractivity contribution in [2.45, 2.75) is 33.1 Å². The lowest BCUT2D eigenvalue weighted by Crippen LogP contribution is -2.25. The smallest absolute Gasteiger partial charge is 0.143 e. The second-order valence-electron chi connectivity index (χ2n) is 5.08. The molecule has 0 aromatic heterocycles. The lowest BCUT2D eigenvalue weighted by molar-refractivity contribution is -0.123. The highest BCUT2D eigenvalue weighted by Gasteiger charge is 2.54. The highest BCUT2D eigenvalue weighted by molar-refractivity contribution is 5.88. The van der Waals surface area contributed by atoms with Crippen LogP contribution in [0, 0.1) is 23.2 Å². The average molecular weight is 178 g/mol. The van der Waals surface area contributed by atoms with Crippen molar-refractivity contribution < 1.29 is 4.79 Å². The van der Waals surface area contributed by atoms with Crippen LogP contribution in [0.2, 0.25) is 0 Å². The molecule has 0 heterocycles. The largest absolute Gasteiger partial charge is 0.299 e. The molecule has 2 aliphatic rings. The van der Waals surface area contributed by atoms with Crippen molar-refractivity contribution in [1.82, 2.24) is 0 Å². The van der Waals surface area contributed by atoms with Gasteiger partial charge in [-0.1, -0.05) is 26.3 Å². The van der Waals surface area contributed by atoms with Gasteiger partial charge < -0.3 is 0 Å².